The highest BCUT2D eigenvalue weighted by molar-refractivity contribution is 8.18. The Morgan fingerprint density at radius 1 is 1.15 bits per heavy atom. The number of aryl methyl sites for hydroxylation is 1. The lowest BCUT2D eigenvalue weighted by Gasteiger charge is -2.05. The number of nitro groups is 1. The van der Waals surface area contributed by atoms with Gasteiger partial charge in [-0.25, -0.2) is 0 Å². The standard InChI is InChI=1S/C18H14N2O4S2/c1-11-3-6-13(7-4-11)25-15-8-5-12(9-14(15)20(23)24)10-16-17(21)19(2)18(22)26-16/h3-10H,1-2H3/b16-10-. The molecular weight excluding hydrogens is 372 g/mol. The minimum atomic E-state index is -0.445. The number of imide groups is 1. The van der Waals surface area contributed by atoms with Gasteiger partial charge in [0.25, 0.3) is 16.8 Å². The summed E-state index contributed by atoms with van der Waals surface area (Å²) in [5.74, 6) is -0.402. The maximum Gasteiger partial charge on any atom is 0.293 e. The first kappa shape index (κ1) is 18.2. The topological polar surface area (TPSA) is 80.5 Å². The fourth-order valence-corrected chi connectivity index (χ4v) is 4.01. The van der Waals surface area contributed by atoms with Crippen LogP contribution in [0.4, 0.5) is 10.5 Å². The Morgan fingerprint density at radius 3 is 2.42 bits per heavy atom. The smallest absolute Gasteiger partial charge is 0.272 e. The highest BCUT2D eigenvalue weighted by Crippen LogP contribution is 2.37. The molecule has 6 nitrogen and oxygen atoms in total. The van der Waals surface area contributed by atoms with E-state index in [4.69, 9.17) is 0 Å². The van der Waals surface area contributed by atoms with Gasteiger partial charge in [0.1, 0.15) is 0 Å². The second-order valence-electron chi connectivity index (χ2n) is 5.64. The molecule has 0 aromatic heterocycles. The number of hydrogen-bond acceptors (Lipinski definition) is 6. The first-order valence-corrected chi connectivity index (χ1v) is 9.23. The number of amides is 2. The molecule has 1 aliphatic rings. The van der Waals surface area contributed by atoms with Gasteiger partial charge in [-0.15, -0.1) is 0 Å². The van der Waals surface area contributed by atoms with Crippen molar-refractivity contribution in [3.63, 3.8) is 0 Å². The van der Waals surface area contributed by atoms with Crippen molar-refractivity contribution in [2.24, 2.45) is 0 Å². The van der Waals surface area contributed by atoms with E-state index in [0.29, 0.717) is 10.5 Å². The summed E-state index contributed by atoms with van der Waals surface area (Å²) in [6.07, 6.45) is 1.50. The molecule has 0 radical (unpaired) electrons. The van der Waals surface area contributed by atoms with E-state index in [1.54, 1.807) is 12.1 Å². The van der Waals surface area contributed by atoms with Gasteiger partial charge in [0.2, 0.25) is 0 Å². The minimum absolute atomic E-state index is 0.0416. The fraction of sp³-hybridized carbons (Fsp3) is 0.111. The summed E-state index contributed by atoms with van der Waals surface area (Å²) in [6.45, 7) is 1.98. The van der Waals surface area contributed by atoms with Crippen molar-refractivity contribution in [3.05, 3.63) is 68.6 Å². The van der Waals surface area contributed by atoms with E-state index in [2.05, 4.69) is 0 Å². The lowest BCUT2D eigenvalue weighted by atomic mass is 10.2. The molecule has 8 heteroatoms. The van der Waals surface area contributed by atoms with Gasteiger partial charge in [-0.05, 0) is 48.5 Å². The average molecular weight is 386 g/mol. The van der Waals surface area contributed by atoms with Gasteiger partial charge in [-0.2, -0.15) is 0 Å². The third kappa shape index (κ3) is 3.81. The first-order valence-electron chi connectivity index (χ1n) is 7.59. The van der Waals surface area contributed by atoms with Gasteiger partial charge in [0.15, 0.2) is 0 Å². The largest absolute Gasteiger partial charge is 0.293 e. The molecule has 132 valence electrons. The molecular formula is C18H14N2O4S2. The van der Waals surface area contributed by atoms with Crippen LogP contribution in [0, 0.1) is 17.0 Å². The number of nitrogens with zero attached hydrogens (tertiary/aromatic N) is 2. The maximum absolute atomic E-state index is 12.0. The van der Waals surface area contributed by atoms with E-state index < -0.39 is 10.8 Å². The van der Waals surface area contributed by atoms with Crippen LogP contribution in [0.2, 0.25) is 0 Å². The zero-order valence-electron chi connectivity index (χ0n) is 14.0. The molecule has 0 N–H and O–H groups in total. The summed E-state index contributed by atoms with van der Waals surface area (Å²) >= 11 is 2.13. The maximum atomic E-state index is 12.0. The van der Waals surface area contributed by atoms with Crippen molar-refractivity contribution in [1.29, 1.82) is 0 Å². The van der Waals surface area contributed by atoms with Crippen LogP contribution in [0.3, 0.4) is 0 Å². The molecule has 1 heterocycles. The van der Waals surface area contributed by atoms with Gasteiger partial charge in [-0.1, -0.05) is 35.5 Å². The van der Waals surface area contributed by atoms with E-state index in [-0.39, 0.29) is 15.8 Å². The van der Waals surface area contributed by atoms with Crippen LogP contribution in [0.5, 0.6) is 0 Å². The zero-order chi connectivity index (χ0) is 18.8. The molecule has 3 rings (SSSR count). The van der Waals surface area contributed by atoms with Crippen LogP contribution >= 0.6 is 23.5 Å². The van der Waals surface area contributed by atoms with Crippen molar-refractivity contribution in [1.82, 2.24) is 4.90 Å². The number of likely N-dealkylation sites (N-methyl/N-ethyl adjacent to an activating group) is 1. The third-order valence-corrected chi connectivity index (χ3v) is 5.75. The SMILES string of the molecule is Cc1ccc(Sc2ccc(/C=C3\SC(=O)N(C)C3=O)cc2[N+](=O)[O-])cc1. The van der Waals surface area contributed by atoms with Crippen molar-refractivity contribution in [2.75, 3.05) is 7.05 Å². The summed E-state index contributed by atoms with van der Waals surface area (Å²) < 4.78 is 0. The van der Waals surface area contributed by atoms with Crippen molar-refractivity contribution in [3.8, 4) is 0 Å². The molecule has 0 atom stereocenters. The van der Waals surface area contributed by atoms with Crippen molar-refractivity contribution < 1.29 is 14.5 Å². The average Bonchev–Trinajstić information content (AvgIpc) is 2.85. The van der Waals surface area contributed by atoms with Gasteiger partial charge in [0.05, 0.1) is 14.7 Å². The molecule has 0 unspecified atom stereocenters. The molecule has 2 aromatic carbocycles. The molecule has 1 saturated heterocycles. The lowest BCUT2D eigenvalue weighted by molar-refractivity contribution is -0.387. The first-order chi connectivity index (χ1) is 12.3. The summed E-state index contributed by atoms with van der Waals surface area (Å²) in [7, 11) is 1.41. The second kappa shape index (κ2) is 7.35. The van der Waals surface area contributed by atoms with Crippen LogP contribution in [-0.4, -0.2) is 28.0 Å². The van der Waals surface area contributed by atoms with Crippen LogP contribution in [0.15, 0.2) is 57.2 Å². The molecule has 2 aromatic rings. The second-order valence-corrected chi connectivity index (χ2v) is 7.75. The highest BCUT2D eigenvalue weighted by atomic mass is 32.2. The molecule has 0 saturated carbocycles. The Balaban J connectivity index is 1.92. The van der Waals surface area contributed by atoms with Crippen LogP contribution in [-0.2, 0) is 4.79 Å². The van der Waals surface area contributed by atoms with Crippen molar-refractivity contribution >= 4 is 46.4 Å². The molecule has 2 amide bonds. The molecule has 1 aliphatic heterocycles. The number of hydrogen-bond donors (Lipinski definition) is 0. The fourth-order valence-electron chi connectivity index (χ4n) is 2.28. The number of rotatable bonds is 4. The Morgan fingerprint density at radius 2 is 1.85 bits per heavy atom. The van der Waals surface area contributed by atoms with E-state index in [9.17, 15) is 19.7 Å². The Labute approximate surface area is 158 Å². The normalized spacial score (nSPS) is 15.8. The summed E-state index contributed by atoms with van der Waals surface area (Å²) in [5, 5.41) is 11.1. The van der Waals surface area contributed by atoms with E-state index >= 15 is 0 Å². The predicted octanol–water partition coefficient (Wildman–Crippen LogP) is 4.72. The Bertz CT molecular complexity index is 939. The van der Waals surface area contributed by atoms with Gasteiger partial charge >= 0.3 is 0 Å². The number of benzene rings is 2. The van der Waals surface area contributed by atoms with Gasteiger partial charge in [0, 0.05) is 18.0 Å². The number of thioether (sulfide) groups is 1. The Hall–Kier alpha value is -2.58. The lowest BCUT2D eigenvalue weighted by Crippen LogP contribution is -2.22. The van der Waals surface area contributed by atoms with Gasteiger partial charge < -0.3 is 0 Å². The molecule has 0 aliphatic carbocycles. The predicted molar refractivity (Wildman–Crippen MR) is 102 cm³/mol. The number of nitro benzene ring substituents is 1. The minimum Gasteiger partial charge on any atom is -0.272 e. The van der Waals surface area contributed by atoms with Crippen LogP contribution in [0.1, 0.15) is 11.1 Å². The summed E-state index contributed by atoms with van der Waals surface area (Å²) in [6, 6.07) is 12.5. The van der Waals surface area contributed by atoms with E-state index in [1.165, 1.54) is 31.0 Å². The molecule has 1 fully saturated rings. The van der Waals surface area contributed by atoms with Crippen LogP contribution in [0.25, 0.3) is 6.08 Å². The van der Waals surface area contributed by atoms with Crippen LogP contribution < -0.4 is 0 Å². The third-order valence-electron chi connectivity index (χ3n) is 3.71. The van der Waals surface area contributed by atoms with E-state index in [0.717, 1.165) is 27.1 Å². The Kier molecular flexibility index (Phi) is 5.15. The number of carbonyl (C=O) groups is 2. The monoisotopic (exact) mass is 386 g/mol. The van der Waals surface area contributed by atoms with Gasteiger partial charge in [-0.3, -0.25) is 24.6 Å². The quantitative estimate of drug-likeness (QED) is 0.430. The molecule has 26 heavy (non-hydrogen) atoms. The molecule has 0 bridgehead atoms. The highest BCUT2D eigenvalue weighted by Gasteiger charge is 2.31. The van der Waals surface area contributed by atoms with E-state index in [1.807, 2.05) is 31.2 Å². The summed E-state index contributed by atoms with van der Waals surface area (Å²) in [5.41, 5.74) is 1.58. The summed E-state index contributed by atoms with van der Waals surface area (Å²) in [4.78, 5) is 37.2. The number of carbonyl (C=O) groups excluding carboxylic acids is 2. The van der Waals surface area contributed by atoms with Crippen molar-refractivity contribution in [2.45, 2.75) is 16.7 Å². The zero-order valence-corrected chi connectivity index (χ0v) is 15.6. The molecule has 0 spiro atoms.